The Morgan fingerprint density at radius 3 is 2.33 bits per heavy atom. The molecule has 4 nitrogen and oxygen atoms in total. The highest BCUT2D eigenvalue weighted by molar-refractivity contribution is 8.00. The molecule has 2 rings (SSSR count). The van der Waals surface area contributed by atoms with E-state index in [0.29, 0.717) is 6.54 Å². The number of carbonyl (C=O) groups is 2. The van der Waals surface area contributed by atoms with Gasteiger partial charge in [-0.2, -0.15) is 0 Å². The van der Waals surface area contributed by atoms with Crippen LogP contribution in [0, 0.1) is 5.82 Å². The first kappa shape index (κ1) is 18.0. The van der Waals surface area contributed by atoms with E-state index >= 15 is 0 Å². The Kier molecular flexibility index (Phi) is 6.81. The smallest absolute Gasteiger partial charge is 0.233 e. The molecule has 0 saturated carbocycles. The van der Waals surface area contributed by atoms with Gasteiger partial charge < -0.3 is 10.6 Å². The molecular weight excluding hydrogens is 327 g/mol. The van der Waals surface area contributed by atoms with Crippen LogP contribution in [0.25, 0.3) is 0 Å². The summed E-state index contributed by atoms with van der Waals surface area (Å²) < 4.78 is 12.9. The minimum absolute atomic E-state index is 0.0885. The number of amides is 2. The van der Waals surface area contributed by atoms with E-state index in [1.54, 1.807) is 17.0 Å². The molecule has 24 heavy (non-hydrogen) atoms. The van der Waals surface area contributed by atoms with Crippen LogP contribution in [-0.4, -0.2) is 29.0 Å². The van der Waals surface area contributed by atoms with Crippen LogP contribution in [0.5, 0.6) is 0 Å². The molecule has 0 aliphatic carbocycles. The first-order valence-corrected chi connectivity index (χ1v) is 8.51. The fourth-order valence-electron chi connectivity index (χ4n) is 2.11. The van der Waals surface area contributed by atoms with Gasteiger partial charge in [0.1, 0.15) is 5.82 Å². The maximum absolute atomic E-state index is 12.9. The molecule has 2 N–H and O–H groups in total. The largest absolute Gasteiger partial charge is 0.370 e. The van der Waals surface area contributed by atoms with Crippen molar-refractivity contribution >= 4 is 23.6 Å². The van der Waals surface area contributed by atoms with Gasteiger partial charge in [0.2, 0.25) is 11.8 Å². The molecule has 0 atom stereocenters. The molecule has 0 fully saturated rings. The highest BCUT2D eigenvalue weighted by Crippen LogP contribution is 2.19. The number of rotatable bonds is 8. The molecule has 6 heteroatoms. The minimum Gasteiger partial charge on any atom is -0.370 e. The minimum atomic E-state index is -0.438. The SMILES string of the molecule is NC(=O)CCN(Cc1ccccc1)C(=O)CSc1ccc(F)cc1. The van der Waals surface area contributed by atoms with Crippen LogP contribution < -0.4 is 5.73 Å². The monoisotopic (exact) mass is 346 g/mol. The maximum atomic E-state index is 12.9. The summed E-state index contributed by atoms with van der Waals surface area (Å²) in [6.45, 7) is 0.712. The standard InChI is InChI=1S/C18H19FN2O2S/c19-15-6-8-16(9-7-15)24-13-18(23)21(11-10-17(20)22)12-14-4-2-1-3-5-14/h1-9H,10-13H2,(H2,20,22). The first-order chi connectivity index (χ1) is 11.5. The molecular formula is C18H19FN2O2S. The average molecular weight is 346 g/mol. The van der Waals surface area contributed by atoms with Gasteiger partial charge in [-0.3, -0.25) is 9.59 Å². The lowest BCUT2D eigenvalue weighted by Crippen LogP contribution is -2.34. The van der Waals surface area contributed by atoms with E-state index in [1.165, 1.54) is 23.9 Å². The van der Waals surface area contributed by atoms with Crippen molar-refractivity contribution in [3.63, 3.8) is 0 Å². The van der Waals surface area contributed by atoms with Crippen molar-refractivity contribution in [3.8, 4) is 0 Å². The summed E-state index contributed by atoms with van der Waals surface area (Å²) >= 11 is 1.34. The third-order valence-electron chi connectivity index (χ3n) is 3.37. The molecule has 0 spiro atoms. The molecule has 126 valence electrons. The Morgan fingerprint density at radius 1 is 1.04 bits per heavy atom. The third-order valence-corrected chi connectivity index (χ3v) is 4.37. The maximum Gasteiger partial charge on any atom is 0.233 e. The summed E-state index contributed by atoms with van der Waals surface area (Å²) in [5.74, 6) is -0.614. The van der Waals surface area contributed by atoms with E-state index in [2.05, 4.69) is 0 Å². The predicted octanol–water partition coefficient (Wildman–Crippen LogP) is 2.82. The summed E-state index contributed by atoms with van der Waals surface area (Å²) in [6, 6.07) is 15.6. The second-order valence-corrected chi connectivity index (χ2v) is 6.31. The van der Waals surface area contributed by atoms with Crippen LogP contribution in [0.15, 0.2) is 59.5 Å². The number of nitrogens with two attached hydrogens (primary N) is 1. The number of primary amides is 1. The van der Waals surface area contributed by atoms with E-state index in [0.717, 1.165) is 10.5 Å². The molecule has 0 saturated heterocycles. The van der Waals surface area contributed by atoms with E-state index in [9.17, 15) is 14.0 Å². The molecule has 0 aromatic heterocycles. The van der Waals surface area contributed by atoms with E-state index in [1.807, 2.05) is 30.3 Å². The number of thioether (sulfide) groups is 1. The normalized spacial score (nSPS) is 10.4. The zero-order valence-corrected chi connectivity index (χ0v) is 14.0. The number of carbonyl (C=O) groups excluding carboxylic acids is 2. The molecule has 0 aliphatic rings. The van der Waals surface area contributed by atoms with Crippen LogP contribution >= 0.6 is 11.8 Å². The van der Waals surface area contributed by atoms with Gasteiger partial charge in [0.15, 0.2) is 0 Å². The van der Waals surface area contributed by atoms with Crippen molar-refractivity contribution in [3.05, 3.63) is 66.0 Å². The number of halogens is 1. The summed E-state index contributed by atoms with van der Waals surface area (Å²) in [4.78, 5) is 26.0. The molecule has 0 bridgehead atoms. The number of benzene rings is 2. The Hall–Kier alpha value is -2.34. The van der Waals surface area contributed by atoms with Gasteiger partial charge in [-0.15, -0.1) is 11.8 Å². The Morgan fingerprint density at radius 2 is 1.71 bits per heavy atom. The summed E-state index contributed by atoms with van der Waals surface area (Å²) in [5, 5.41) is 0. The average Bonchev–Trinajstić information content (AvgIpc) is 2.58. The molecule has 0 aliphatic heterocycles. The van der Waals surface area contributed by atoms with Gasteiger partial charge in [0.05, 0.1) is 5.75 Å². The second kappa shape index (κ2) is 9.08. The van der Waals surface area contributed by atoms with Crippen LogP contribution in [0.4, 0.5) is 4.39 Å². The highest BCUT2D eigenvalue weighted by Gasteiger charge is 2.15. The van der Waals surface area contributed by atoms with Crippen molar-refractivity contribution in [2.45, 2.75) is 17.9 Å². The summed E-state index contributed by atoms with van der Waals surface area (Å²) in [6.07, 6.45) is 0.125. The molecule has 0 unspecified atom stereocenters. The number of nitrogens with zero attached hydrogens (tertiary/aromatic N) is 1. The lowest BCUT2D eigenvalue weighted by atomic mass is 10.2. The van der Waals surface area contributed by atoms with Crippen molar-refractivity contribution in [1.29, 1.82) is 0 Å². The van der Waals surface area contributed by atoms with Gasteiger partial charge >= 0.3 is 0 Å². The molecule has 2 aromatic rings. The zero-order valence-electron chi connectivity index (χ0n) is 13.2. The van der Waals surface area contributed by atoms with Crippen molar-refractivity contribution in [1.82, 2.24) is 4.90 Å². The zero-order chi connectivity index (χ0) is 17.4. The lowest BCUT2D eigenvalue weighted by Gasteiger charge is -2.22. The van der Waals surface area contributed by atoms with Gasteiger partial charge in [0, 0.05) is 24.4 Å². The fraction of sp³-hybridized carbons (Fsp3) is 0.222. The van der Waals surface area contributed by atoms with Crippen LogP contribution in [0.2, 0.25) is 0 Å². The van der Waals surface area contributed by atoms with Gasteiger partial charge in [-0.1, -0.05) is 30.3 Å². The molecule has 2 aromatic carbocycles. The van der Waals surface area contributed by atoms with Crippen LogP contribution in [-0.2, 0) is 16.1 Å². The van der Waals surface area contributed by atoms with Crippen molar-refractivity contribution in [2.75, 3.05) is 12.3 Å². The van der Waals surface area contributed by atoms with Gasteiger partial charge in [-0.05, 0) is 29.8 Å². The van der Waals surface area contributed by atoms with E-state index in [-0.39, 0.29) is 30.4 Å². The number of hydrogen-bond acceptors (Lipinski definition) is 3. The first-order valence-electron chi connectivity index (χ1n) is 7.53. The highest BCUT2D eigenvalue weighted by atomic mass is 32.2. The van der Waals surface area contributed by atoms with Gasteiger partial charge in [-0.25, -0.2) is 4.39 Å². The van der Waals surface area contributed by atoms with E-state index < -0.39 is 5.91 Å². The van der Waals surface area contributed by atoms with Crippen LogP contribution in [0.1, 0.15) is 12.0 Å². The summed E-state index contributed by atoms with van der Waals surface area (Å²) in [5.41, 5.74) is 6.18. The third kappa shape index (κ3) is 6.04. The quantitative estimate of drug-likeness (QED) is 0.748. The lowest BCUT2D eigenvalue weighted by molar-refractivity contribution is -0.129. The number of hydrogen-bond donors (Lipinski definition) is 1. The topological polar surface area (TPSA) is 63.4 Å². The van der Waals surface area contributed by atoms with Crippen LogP contribution in [0.3, 0.4) is 0 Å². The Bertz CT molecular complexity index is 677. The van der Waals surface area contributed by atoms with Crippen molar-refractivity contribution < 1.29 is 14.0 Å². The molecule has 0 radical (unpaired) electrons. The Balaban J connectivity index is 1.97. The second-order valence-electron chi connectivity index (χ2n) is 5.26. The molecule has 2 amide bonds. The van der Waals surface area contributed by atoms with E-state index in [4.69, 9.17) is 5.73 Å². The summed E-state index contributed by atoms with van der Waals surface area (Å²) in [7, 11) is 0. The molecule has 0 heterocycles. The van der Waals surface area contributed by atoms with Crippen molar-refractivity contribution in [2.24, 2.45) is 5.73 Å². The predicted molar refractivity (Wildman–Crippen MR) is 92.8 cm³/mol. The van der Waals surface area contributed by atoms with Gasteiger partial charge in [0.25, 0.3) is 0 Å². The fourth-order valence-corrected chi connectivity index (χ4v) is 2.91. The Labute approximate surface area is 144 Å².